The fourth-order valence-corrected chi connectivity index (χ4v) is 0.107. The molecular formula is C4H6NaO3. The molecule has 0 saturated carbocycles. The summed E-state index contributed by atoms with van der Waals surface area (Å²) in [5.74, 6) is -3.15. The van der Waals surface area contributed by atoms with Gasteiger partial charge in [-0.25, -0.2) is 4.79 Å². The van der Waals surface area contributed by atoms with Crippen LogP contribution in [0.1, 0.15) is 16.0 Å². The van der Waals surface area contributed by atoms with Gasteiger partial charge in [0, 0.05) is 38.7 Å². The van der Waals surface area contributed by atoms with E-state index in [1.54, 1.807) is 0 Å². The summed E-state index contributed by atoms with van der Waals surface area (Å²) in [5, 5.41) is 7.93. The van der Waals surface area contributed by atoms with E-state index in [2.05, 4.69) is 0 Å². The minimum atomic E-state index is -2.26. The molecule has 0 bridgehead atoms. The monoisotopic (exact) mass is 131 g/mol. The second-order valence-corrected chi connectivity index (χ2v) is 0.884. The molecule has 1 N–H and O–H groups in total. The zero-order chi connectivity index (χ0) is 7.65. The molecular weight excluding hydrogens is 123 g/mol. The number of aliphatic carboxylic acids is 1. The SMILES string of the molecule is [2H][13C]([2H])([13CH3])[13C](=O)[13C](=O)O.[Na]. The molecule has 0 unspecified atom stereocenters. The molecule has 0 atom stereocenters. The molecule has 0 aromatic rings. The van der Waals surface area contributed by atoms with E-state index in [9.17, 15) is 9.59 Å². The third-order valence-electron chi connectivity index (χ3n) is 0.421. The van der Waals surface area contributed by atoms with E-state index in [1.807, 2.05) is 0 Å². The van der Waals surface area contributed by atoms with Crippen LogP contribution in [0, 0.1) is 0 Å². The van der Waals surface area contributed by atoms with Gasteiger partial charge in [-0.15, -0.1) is 0 Å². The zero-order valence-corrected chi connectivity index (χ0v) is 6.76. The van der Waals surface area contributed by atoms with Gasteiger partial charge < -0.3 is 5.11 Å². The van der Waals surface area contributed by atoms with Crippen molar-refractivity contribution in [3.05, 3.63) is 0 Å². The van der Waals surface area contributed by atoms with E-state index in [0.717, 1.165) is 6.92 Å². The van der Waals surface area contributed by atoms with Crippen molar-refractivity contribution in [2.75, 3.05) is 0 Å². The van der Waals surface area contributed by atoms with Gasteiger partial charge in [0.05, 0.1) is 0 Å². The largest absolute Gasteiger partial charge is 0.476 e. The Labute approximate surface area is 72.2 Å². The normalized spacial score (nSPS) is 12.6. The fraction of sp³-hybridized carbons (Fsp3) is 0.500. The maximum absolute atomic E-state index is 10.2. The smallest absolute Gasteiger partial charge is 0.372 e. The number of ketones is 1. The Bertz CT molecular complexity index is 151. The first-order chi connectivity index (χ1) is 3.85. The summed E-state index contributed by atoms with van der Waals surface area (Å²) in [6, 6.07) is 0. The van der Waals surface area contributed by atoms with E-state index in [1.165, 1.54) is 0 Å². The molecule has 0 aliphatic heterocycles. The number of carbonyl (C=O) groups excluding carboxylic acids is 1. The predicted molar refractivity (Wildman–Crippen MR) is 28.7 cm³/mol. The molecule has 0 spiro atoms. The van der Waals surface area contributed by atoms with E-state index >= 15 is 0 Å². The minimum absolute atomic E-state index is 0. The van der Waals surface area contributed by atoms with Crippen molar-refractivity contribution in [1.29, 1.82) is 0 Å². The topological polar surface area (TPSA) is 54.4 Å². The molecule has 0 heterocycles. The van der Waals surface area contributed by atoms with E-state index in [0.29, 0.717) is 0 Å². The van der Waals surface area contributed by atoms with Crippen LogP contribution in [0.5, 0.6) is 0 Å². The Morgan fingerprint density at radius 2 is 2.12 bits per heavy atom. The van der Waals surface area contributed by atoms with Crippen molar-refractivity contribution in [3.8, 4) is 0 Å². The predicted octanol–water partition coefficient (Wildman–Crippen LogP) is -0.331. The molecule has 4 heteroatoms. The van der Waals surface area contributed by atoms with Gasteiger partial charge in [0.25, 0.3) is 0 Å². The Kier molecular flexibility index (Phi) is 4.13. The van der Waals surface area contributed by atoms with Crippen LogP contribution in [-0.4, -0.2) is 46.4 Å². The van der Waals surface area contributed by atoms with Gasteiger partial charge in [0.2, 0.25) is 5.78 Å². The van der Waals surface area contributed by atoms with Crippen LogP contribution >= 0.6 is 0 Å². The van der Waals surface area contributed by atoms with E-state index < -0.39 is 18.1 Å². The Hall–Kier alpha value is 0.140. The molecule has 0 amide bonds. The molecule has 3 nitrogen and oxygen atoms in total. The second-order valence-electron chi connectivity index (χ2n) is 0.884. The van der Waals surface area contributed by atoms with Crippen LogP contribution in [0.4, 0.5) is 0 Å². The zero-order valence-electron chi connectivity index (χ0n) is 6.76. The van der Waals surface area contributed by atoms with Gasteiger partial charge in [-0.1, -0.05) is 6.92 Å². The number of rotatable bonds is 2. The van der Waals surface area contributed by atoms with Crippen molar-refractivity contribution < 1.29 is 17.4 Å². The number of Topliss-reactive ketones (excluding diaryl/α,β-unsaturated/α-hetero) is 1. The average Bonchev–Trinajstić information content (AvgIpc) is 1.62. The molecule has 0 aromatic carbocycles. The van der Waals surface area contributed by atoms with E-state index in [-0.39, 0.29) is 29.6 Å². The second kappa shape index (κ2) is 5.28. The molecule has 0 rings (SSSR count). The minimum Gasteiger partial charge on any atom is -0.476 e. The first-order valence-corrected chi connectivity index (χ1v) is 1.63. The molecule has 0 fully saturated rings. The third-order valence-corrected chi connectivity index (χ3v) is 0.421. The quantitative estimate of drug-likeness (QED) is 0.317. The van der Waals surface area contributed by atoms with Crippen molar-refractivity contribution in [3.63, 3.8) is 0 Å². The van der Waals surface area contributed by atoms with Crippen LogP contribution < -0.4 is 0 Å². The van der Waals surface area contributed by atoms with Crippen molar-refractivity contribution in [2.24, 2.45) is 0 Å². The van der Waals surface area contributed by atoms with Gasteiger partial charge in [-0.2, -0.15) is 0 Å². The van der Waals surface area contributed by atoms with Crippen molar-refractivity contribution in [1.82, 2.24) is 0 Å². The first-order valence-electron chi connectivity index (χ1n) is 2.63. The molecule has 0 aliphatic rings. The summed E-state index contributed by atoms with van der Waals surface area (Å²) in [6.45, 7) is 0.906. The average molecular weight is 131 g/mol. The van der Waals surface area contributed by atoms with Crippen molar-refractivity contribution in [2.45, 2.75) is 13.3 Å². The number of hydrogen-bond donors (Lipinski definition) is 1. The number of hydrogen-bond acceptors (Lipinski definition) is 2. The summed E-state index contributed by atoms with van der Waals surface area (Å²) in [4.78, 5) is 19.9. The molecule has 41 valence electrons. The van der Waals surface area contributed by atoms with E-state index in [4.69, 9.17) is 7.85 Å². The summed E-state index contributed by atoms with van der Waals surface area (Å²) in [5.41, 5.74) is 0. The Balaban J connectivity index is 0. The Morgan fingerprint density at radius 1 is 1.75 bits per heavy atom. The third kappa shape index (κ3) is 4.30. The molecule has 0 saturated heterocycles. The fourth-order valence-electron chi connectivity index (χ4n) is 0.107. The van der Waals surface area contributed by atoms with Crippen LogP contribution in [0.25, 0.3) is 0 Å². The van der Waals surface area contributed by atoms with Crippen LogP contribution in [0.15, 0.2) is 0 Å². The maximum Gasteiger partial charge on any atom is 0.372 e. The molecule has 1 radical (unpaired) electrons. The van der Waals surface area contributed by atoms with Crippen LogP contribution in [0.3, 0.4) is 0 Å². The van der Waals surface area contributed by atoms with Crippen LogP contribution in [-0.2, 0) is 9.59 Å². The maximum atomic E-state index is 10.2. The molecule has 0 aliphatic carbocycles. The summed E-state index contributed by atoms with van der Waals surface area (Å²) >= 11 is 0. The van der Waals surface area contributed by atoms with Gasteiger partial charge in [-0.3, -0.25) is 4.79 Å². The standard InChI is InChI=1S/C4H6O3.Na/c1-2-3(5)4(6)7;/h2H2,1H3,(H,6,7);/i1+1,2+1D2,3+1,4+1;. The number of carboxylic acid groups (broad SMARTS) is 1. The van der Waals surface area contributed by atoms with Gasteiger partial charge in [0.15, 0.2) is 0 Å². The van der Waals surface area contributed by atoms with Crippen molar-refractivity contribution >= 4 is 41.3 Å². The first kappa shape index (κ1) is 6.26. The van der Waals surface area contributed by atoms with Gasteiger partial charge in [0.1, 0.15) is 0 Å². The molecule has 8 heavy (non-hydrogen) atoms. The van der Waals surface area contributed by atoms with Crippen LogP contribution in [0.2, 0.25) is 0 Å². The molecule has 0 aromatic heterocycles. The number of carboxylic acids is 1. The summed E-state index contributed by atoms with van der Waals surface area (Å²) < 4.78 is 13.2. The summed E-state index contributed by atoms with van der Waals surface area (Å²) in [7, 11) is 0. The Morgan fingerprint density at radius 3 is 2.12 bits per heavy atom. The summed E-state index contributed by atoms with van der Waals surface area (Å²) in [6.07, 6.45) is -2.26. The van der Waals surface area contributed by atoms with Gasteiger partial charge >= 0.3 is 5.97 Å². The number of carbonyl (C=O) groups is 2. The van der Waals surface area contributed by atoms with Gasteiger partial charge in [-0.05, 0) is 0 Å².